The number of carbonyl (C=O) groups excluding carboxylic acids is 1. The summed E-state index contributed by atoms with van der Waals surface area (Å²) in [6.45, 7) is 0. The molecule has 6 heteroatoms. The number of hydrogen-bond donors (Lipinski definition) is 0. The number of aromatic nitrogens is 4. The van der Waals surface area contributed by atoms with E-state index in [2.05, 4.69) is 15.5 Å². The van der Waals surface area contributed by atoms with Gasteiger partial charge in [-0.25, -0.2) is 0 Å². The maximum Gasteiger partial charge on any atom is 0.281 e. The van der Waals surface area contributed by atoms with Gasteiger partial charge in [-0.1, -0.05) is 18.2 Å². The van der Waals surface area contributed by atoms with Gasteiger partial charge in [0.15, 0.2) is 5.82 Å². The number of tetrazole rings is 1. The summed E-state index contributed by atoms with van der Waals surface area (Å²) in [4.78, 5) is 11.8. The predicted molar refractivity (Wildman–Crippen MR) is 53.5 cm³/mol. The average Bonchev–Trinajstić information content (AvgIpc) is 2.77. The van der Waals surface area contributed by atoms with Gasteiger partial charge in [0, 0.05) is 5.56 Å². The molecular formula is C9H7ClN4O. The van der Waals surface area contributed by atoms with Crippen molar-refractivity contribution in [1.82, 2.24) is 20.2 Å². The van der Waals surface area contributed by atoms with Crippen LogP contribution in [0.1, 0.15) is 16.2 Å². The molecule has 76 valence electrons. The fourth-order valence-electron chi connectivity index (χ4n) is 1.15. The highest BCUT2D eigenvalue weighted by atomic mass is 35.5. The Morgan fingerprint density at radius 3 is 2.73 bits per heavy atom. The molecule has 5 nitrogen and oxygen atoms in total. The standard InChI is InChI=1S/C9H7ClN4O/c10-6-8-11-12-13-14(8)9(15)7-4-2-1-3-5-7/h1-5H,6H2. The van der Waals surface area contributed by atoms with E-state index in [-0.39, 0.29) is 11.8 Å². The van der Waals surface area contributed by atoms with Crippen LogP contribution in [0.15, 0.2) is 30.3 Å². The minimum Gasteiger partial charge on any atom is -0.267 e. The molecule has 0 aliphatic heterocycles. The first-order valence-corrected chi connectivity index (χ1v) is 4.79. The van der Waals surface area contributed by atoms with Crippen LogP contribution in [0, 0.1) is 0 Å². The summed E-state index contributed by atoms with van der Waals surface area (Å²) in [5.74, 6) is 0.160. The van der Waals surface area contributed by atoms with Crippen molar-refractivity contribution in [2.75, 3.05) is 0 Å². The van der Waals surface area contributed by atoms with Gasteiger partial charge in [0.1, 0.15) is 0 Å². The Morgan fingerprint density at radius 2 is 2.07 bits per heavy atom. The van der Waals surface area contributed by atoms with Gasteiger partial charge in [0.05, 0.1) is 5.88 Å². The smallest absolute Gasteiger partial charge is 0.267 e. The van der Waals surface area contributed by atoms with Crippen LogP contribution in [-0.2, 0) is 5.88 Å². The Kier molecular flexibility index (Phi) is 2.73. The third-order valence-corrected chi connectivity index (χ3v) is 2.11. The van der Waals surface area contributed by atoms with Gasteiger partial charge in [0.2, 0.25) is 0 Å². The SMILES string of the molecule is O=C(c1ccccc1)n1nnnc1CCl. The van der Waals surface area contributed by atoms with Crippen LogP contribution in [0.3, 0.4) is 0 Å². The zero-order chi connectivity index (χ0) is 10.7. The molecule has 0 unspecified atom stereocenters. The summed E-state index contributed by atoms with van der Waals surface area (Å²) in [5, 5.41) is 10.6. The quantitative estimate of drug-likeness (QED) is 0.564. The van der Waals surface area contributed by atoms with Gasteiger partial charge in [-0.05, 0) is 22.6 Å². The first-order valence-electron chi connectivity index (χ1n) is 4.26. The minimum absolute atomic E-state index is 0.103. The van der Waals surface area contributed by atoms with Crippen molar-refractivity contribution in [2.24, 2.45) is 0 Å². The van der Waals surface area contributed by atoms with E-state index in [9.17, 15) is 4.79 Å². The van der Waals surface area contributed by atoms with Crippen molar-refractivity contribution in [2.45, 2.75) is 5.88 Å². The van der Waals surface area contributed by atoms with E-state index in [4.69, 9.17) is 11.6 Å². The lowest BCUT2D eigenvalue weighted by molar-refractivity contribution is 0.0940. The van der Waals surface area contributed by atoms with Gasteiger partial charge in [-0.15, -0.1) is 16.7 Å². The molecule has 0 aliphatic carbocycles. The predicted octanol–water partition coefficient (Wildman–Crippen LogP) is 1.10. The summed E-state index contributed by atoms with van der Waals surface area (Å²) in [5.41, 5.74) is 0.524. The van der Waals surface area contributed by atoms with E-state index in [1.165, 1.54) is 0 Å². The number of nitrogens with zero attached hydrogens (tertiary/aromatic N) is 4. The largest absolute Gasteiger partial charge is 0.281 e. The molecule has 15 heavy (non-hydrogen) atoms. The monoisotopic (exact) mass is 222 g/mol. The number of hydrogen-bond acceptors (Lipinski definition) is 4. The molecule has 0 amide bonds. The van der Waals surface area contributed by atoms with Gasteiger partial charge in [0.25, 0.3) is 5.91 Å². The lowest BCUT2D eigenvalue weighted by Gasteiger charge is -2.00. The Morgan fingerprint density at radius 1 is 1.33 bits per heavy atom. The van der Waals surface area contributed by atoms with E-state index in [0.29, 0.717) is 11.4 Å². The molecule has 0 N–H and O–H groups in total. The second kappa shape index (κ2) is 4.18. The van der Waals surface area contributed by atoms with Crippen molar-refractivity contribution in [3.05, 3.63) is 41.7 Å². The van der Waals surface area contributed by atoms with Gasteiger partial charge < -0.3 is 0 Å². The van der Waals surface area contributed by atoms with E-state index < -0.39 is 0 Å². The summed E-state index contributed by atoms with van der Waals surface area (Å²) in [7, 11) is 0. The number of halogens is 1. The summed E-state index contributed by atoms with van der Waals surface area (Å²) < 4.78 is 1.10. The minimum atomic E-state index is -0.281. The van der Waals surface area contributed by atoms with E-state index in [0.717, 1.165) is 4.68 Å². The normalized spacial score (nSPS) is 10.2. The number of benzene rings is 1. The average molecular weight is 223 g/mol. The van der Waals surface area contributed by atoms with Gasteiger partial charge >= 0.3 is 0 Å². The zero-order valence-corrected chi connectivity index (χ0v) is 8.42. The highest BCUT2D eigenvalue weighted by Gasteiger charge is 2.14. The second-order valence-electron chi connectivity index (χ2n) is 2.81. The van der Waals surface area contributed by atoms with Gasteiger partial charge in [-0.3, -0.25) is 4.79 Å². The molecule has 2 aromatic rings. The highest BCUT2D eigenvalue weighted by molar-refractivity contribution is 6.17. The van der Waals surface area contributed by atoms with E-state index in [1.807, 2.05) is 6.07 Å². The Hall–Kier alpha value is -1.75. The molecule has 2 rings (SSSR count). The lowest BCUT2D eigenvalue weighted by atomic mass is 10.2. The highest BCUT2D eigenvalue weighted by Crippen LogP contribution is 2.04. The fourth-order valence-corrected chi connectivity index (χ4v) is 1.32. The van der Waals surface area contributed by atoms with Crippen LogP contribution in [0.5, 0.6) is 0 Å². The first-order chi connectivity index (χ1) is 7.33. The maximum absolute atomic E-state index is 11.8. The molecule has 0 radical (unpaired) electrons. The molecule has 0 fully saturated rings. The fraction of sp³-hybridized carbons (Fsp3) is 0.111. The molecule has 1 aromatic carbocycles. The molecule has 0 atom stereocenters. The maximum atomic E-state index is 11.8. The molecule has 0 bridgehead atoms. The summed E-state index contributed by atoms with van der Waals surface area (Å²) >= 11 is 5.59. The van der Waals surface area contributed by atoms with Crippen molar-refractivity contribution in [3.8, 4) is 0 Å². The molecule has 0 aliphatic rings. The molecule has 0 spiro atoms. The number of carbonyl (C=O) groups is 1. The summed E-state index contributed by atoms with van der Waals surface area (Å²) in [6.07, 6.45) is 0. The third-order valence-electron chi connectivity index (χ3n) is 1.87. The van der Waals surface area contributed by atoms with Crippen molar-refractivity contribution in [1.29, 1.82) is 0 Å². The van der Waals surface area contributed by atoms with Crippen LogP contribution in [0.4, 0.5) is 0 Å². The van der Waals surface area contributed by atoms with Crippen LogP contribution in [0.2, 0.25) is 0 Å². The van der Waals surface area contributed by atoms with Crippen molar-refractivity contribution >= 4 is 17.5 Å². The second-order valence-corrected chi connectivity index (χ2v) is 3.08. The molecule has 1 heterocycles. The first kappa shape index (κ1) is 9.79. The molecule has 0 saturated heterocycles. The Balaban J connectivity index is 2.37. The zero-order valence-electron chi connectivity index (χ0n) is 7.67. The summed E-state index contributed by atoms with van der Waals surface area (Å²) in [6, 6.07) is 8.78. The lowest BCUT2D eigenvalue weighted by Crippen LogP contribution is -2.16. The Bertz CT molecular complexity index is 468. The third kappa shape index (κ3) is 1.87. The number of rotatable bonds is 2. The molecular weight excluding hydrogens is 216 g/mol. The van der Waals surface area contributed by atoms with Crippen molar-refractivity contribution in [3.63, 3.8) is 0 Å². The van der Waals surface area contributed by atoms with E-state index in [1.54, 1.807) is 24.3 Å². The van der Waals surface area contributed by atoms with Gasteiger partial charge in [-0.2, -0.15) is 4.68 Å². The topological polar surface area (TPSA) is 60.7 Å². The van der Waals surface area contributed by atoms with Crippen molar-refractivity contribution < 1.29 is 4.79 Å². The van der Waals surface area contributed by atoms with Crippen LogP contribution < -0.4 is 0 Å². The van der Waals surface area contributed by atoms with E-state index >= 15 is 0 Å². The van der Waals surface area contributed by atoms with Crippen LogP contribution in [-0.4, -0.2) is 26.1 Å². The molecule has 0 saturated carbocycles. The number of alkyl halides is 1. The Labute approximate surface area is 90.7 Å². The molecule has 1 aromatic heterocycles. The van der Waals surface area contributed by atoms with Crippen LogP contribution in [0.25, 0.3) is 0 Å². The van der Waals surface area contributed by atoms with Crippen LogP contribution >= 0.6 is 11.6 Å².